The van der Waals surface area contributed by atoms with Crippen LogP contribution in [-0.2, 0) is 4.79 Å². The van der Waals surface area contributed by atoms with Crippen LogP contribution in [0.3, 0.4) is 0 Å². The molecule has 0 amide bonds. The number of pyridine rings is 1. The van der Waals surface area contributed by atoms with Crippen molar-refractivity contribution in [2.45, 2.75) is 12.8 Å². The Hall–Kier alpha value is -1.98. The lowest BCUT2D eigenvalue weighted by molar-refractivity contribution is -0.147. The van der Waals surface area contributed by atoms with Crippen molar-refractivity contribution in [1.29, 1.82) is 0 Å². The minimum Gasteiger partial charge on any atom is -0.315 e. The van der Waals surface area contributed by atoms with Gasteiger partial charge in [-0.1, -0.05) is 0 Å². The van der Waals surface area contributed by atoms with Gasteiger partial charge in [-0.25, -0.2) is 9.78 Å². The van der Waals surface area contributed by atoms with E-state index in [4.69, 9.17) is 4.84 Å². The second kappa shape index (κ2) is 3.01. The standard InChI is InChI=1S/C9H8N4O2/c14-9(6-3-4-6)15-13-8-7(11-12-13)2-1-5-10-8/h1-2,5-6H,3-4H2. The molecule has 6 heteroatoms. The number of hydrogen-bond acceptors (Lipinski definition) is 5. The summed E-state index contributed by atoms with van der Waals surface area (Å²) in [6, 6.07) is 3.51. The molecule has 0 spiro atoms. The van der Waals surface area contributed by atoms with Gasteiger partial charge in [0.1, 0.15) is 5.52 Å². The van der Waals surface area contributed by atoms with Gasteiger partial charge in [-0.3, -0.25) is 0 Å². The number of hydrogen-bond donors (Lipinski definition) is 0. The average molecular weight is 204 g/mol. The van der Waals surface area contributed by atoms with Gasteiger partial charge in [0.15, 0.2) is 0 Å². The molecule has 0 radical (unpaired) electrons. The highest BCUT2D eigenvalue weighted by molar-refractivity contribution is 5.76. The predicted octanol–water partition coefficient (Wildman–Crippen LogP) is 0.191. The Labute approximate surface area is 84.8 Å². The number of rotatable bonds is 2. The average Bonchev–Trinajstić information content (AvgIpc) is 3.03. The molecule has 1 fully saturated rings. The molecule has 0 unspecified atom stereocenters. The fourth-order valence-corrected chi connectivity index (χ4v) is 1.29. The van der Waals surface area contributed by atoms with E-state index in [1.807, 2.05) is 0 Å². The van der Waals surface area contributed by atoms with Crippen molar-refractivity contribution in [1.82, 2.24) is 20.1 Å². The molecule has 15 heavy (non-hydrogen) atoms. The van der Waals surface area contributed by atoms with Gasteiger partial charge < -0.3 is 4.84 Å². The molecule has 0 N–H and O–H groups in total. The highest BCUT2D eigenvalue weighted by Crippen LogP contribution is 2.29. The number of carbonyl (C=O) groups excluding carboxylic acids is 1. The molecule has 3 rings (SSSR count). The largest absolute Gasteiger partial charge is 0.338 e. The molecule has 0 aliphatic heterocycles. The van der Waals surface area contributed by atoms with Crippen LogP contribution < -0.4 is 4.84 Å². The van der Waals surface area contributed by atoms with Crippen LogP contribution in [0.4, 0.5) is 0 Å². The molecule has 0 aromatic carbocycles. The van der Waals surface area contributed by atoms with Gasteiger partial charge in [0.25, 0.3) is 0 Å². The fourth-order valence-electron chi connectivity index (χ4n) is 1.29. The van der Waals surface area contributed by atoms with E-state index in [-0.39, 0.29) is 11.9 Å². The lowest BCUT2D eigenvalue weighted by Crippen LogP contribution is -2.22. The first-order chi connectivity index (χ1) is 7.34. The summed E-state index contributed by atoms with van der Waals surface area (Å²) < 4.78 is 0. The fraction of sp³-hybridized carbons (Fsp3) is 0.333. The number of fused-ring (bicyclic) bond motifs is 1. The maximum atomic E-state index is 11.4. The van der Waals surface area contributed by atoms with Gasteiger partial charge in [-0.05, 0) is 35.0 Å². The second-order valence-electron chi connectivity index (χ2n) is 3.49. The van der Waals surface area contributed by atoms with E-state index in [2.05, 4.69) is 15.3 Å². The first kappa shape index (κ1) is 8.34. The van der Waals surface area contributed by atoms with Crippen molar-refractivity contribution in [2.24, 2.45) is 5.92 Å². The van der Waals surface area contributed by atoms with E-state index in [0.29, 0.717) is 11.2 Å². The SMILES string of the molecule is O=C(On1nnc2cccnc21)C1CC1. The Morgan fingerprint density at radius 2 is 2.40 bits per heavy atom. The molecule has 2 aromatic rings. The maximum absolute atomic E-state index is 11.4. The second-order valence-corrected chi connectivity index (χ2v) is 3.49. The highest BCUT2D eigenvalue weighted by atomic mass is 16.7. The summed E-state index contributed by atoms with van der Waals surface area (Å²) in [6.07, 6.45) is 3.41. The molecule has 1 aliphatic carbocycles. The van der Waals surface area contributed by atoms with Gasteiger partial charge in [0.2, 0.25) is 5.65 Å². The van der Waals surface area contributed by atoms with E-state index < -0.39 is 0 Å². The Balaban J connectivity index is 1.93. The van der Waals surface area contributed by atoms with Crippen molar-refractivity contribution >= 4 is 17.1 Å². The molecule has 0 atom stereocenters. The molecule has 1 saturated carbocycles. The van der Waals surface area contributed by atoms with Crippen LogP contribution in [-0.4, -0.2) is 26.1 Å². The first-order valence-corrected chi connectivity index (χ1v) is 4.73. The lowest BCUT2D eigenvalue weighted by Gasteiger charge is -2.00. The third kappa shape index (κ3) is 1.43. The van der Waals surface area contributed by atoms with Crippen molar-refractivity contribution in [3.8, 4) is 0 Å². The van der Waals surface area contributed by atoms with Crippen molar-refractivity contribution in [3.05, 3.63) is 18.3 Å². The lowest BCUT2D eigenvalue weighted by atomic mass is 10.4. The van der Waals surface area contributed by atoms with Crippen LogP contribution in [0.5, 0.6) is 0 Å². The van der Waals surface area contributed by atoms with Crippen LogP contribution in [0.15, 0.2) is 18.3 Å². The van der Waals surface area contributed by atoms with Crippen molar-refractivity contribution in [3.63, 3.8) is 0 Å². The Morgan fingerprint density at radius 3 is 3.20 bits per heavy atom. The molecule has 76 valence electrons. The first-order valence-electron chi connectivity index (χ1n) is 4.73. The van der Waals surface area contributed by atoms with E-state index in [1.54, 1.807) is 18.3 Å². The van der Waals surface area contributed by atoms with Crippen LogP contribution in [0.2, 0.25) is 0 Å². The Morgan fingerprint density at radius 1 is 1.53 bits per heavy atom. The number of nitrogens with zero attached hydrogens (tertiary/aromatic N) is 4. The summed E-state index contributed by atoms with van der Waals surface area (Å²) in [7, 11) is 0. The van der Waals surface area contributed by atoms with Gasteiger partial charge in [-0.15, -0.1) is 5.10 Å². The summed E-state index contributed by atoms with van der Waals surface area (Å²) in [5.41, 5.74) is 1.08. The highest BCUT2D eigenvalue weighted by Gasteiger charge is 2.32. The summed E-state index contributed by atoms with van der Waals surface area (Å²) in [5.74, 6) is -0.222. The smallest absolute Gasteiger partial charge is 0.315 e. The van der Waals surface area contributed by atoms with Crippen molar-refractivity contribution < 1.29 is 9.63 Å². The summed E-state index contributed by atoms with van der Waals surface area (Å²) >= 11 is 0. The zero-order valence-corrected chi connectivity index (χ0v) is 7.83. The van der Waals surface area contributed by atoms with Crippen LogP contribution in [0.1, 0.15) is 12.8 Å². The van der Waals surface area contributed by atoms with E-state index in [1.165, 1.54) is 0 Å². The summed E-state index contributed by atoms with van der Waals surface area (Å²) in [6.45, 7) is 0. The zero-order valence-electron chi connectivity index (χ0n) is 7.83. The topological polar surface area (TPSA) is 69.9 Å². The Bertz CT molecular complexity index is 518. The molecular formula is C9H8N4O2. The van der Waals surface area contributed by atoms with Gasteiger partial charge in [-0.2, -0.15) is 0 Å². The zero-order chi connectivity index (χ0) is 10.3. The predicted molar refractivity (Wildman–Crippen MR) is 49.6 cm³/mol. The third-order valence-electron chi connectivity index (χ3n) is 2.27. The summed E-state index contributed by atoms with van der Waals surface area (Å²) in [4.78, 5) is 21.5. The summed E-state index contributed by atoms with van der Waals surface area (Å²) in [5, 5.41) is 7.53. The van der Waals surface area contributed by atoms with Crippen LogP contribution in [0.25, 0.3) is 11.2 Å². The quantitative estimate of drug-likeness (QED) is 0.653. The van der Waals surface area contributed by atoms with Gasteiger partial charge >= 0.3 is 5.97 Å². The normalized spacial score (nSPS) is 15.5. The number of aromatic nitrogens is 4. The van der Waals surface area contributed by atoms with Crippen LogP contribution >= 0.6 is 0 Å². The molecule has 1 aliphatic rings. The molecule has 2 aromatic heterocycles. The Kier molecular flexibility index (Phi) is 1.67. The minimum atomic E-state index is -0.257. The minimum absolute atomic E-state index is 0.0352. The number of carbonyl (C=O) groups is 1. The molecule has 0 saturated heterocycles. The van der Waals surface area contributed by atoms with Gasteiger partial charge in [0, 0.05) is 6.20 Å². The van der Waals surface area contributed by atoms with E-state index in [0.717, 1.165) is 17.7 Å². The third-order valence-corrected chi connectivity index (χ3v) is 2.27. The molecule has 0 bridgehead atoms. The molecular weight excluding hydrogens is 196 g/mol. The monoisotopic (exact) mass is 204 g/mol. The van der Waals surface area contributed by atoms with Crippen LogP contribution in [0, 0.1) is 5.92 Å². The van der Waals surface area contributed by atoms with E-state index in [9.17, 15) is 4.79 Å². The van der Waals surface area contributed by atoms with E-state index >= 15 is 0 Å². The molecule has 6 nitrogen and oxygen atoms in total. The molecule has 2 heterocycles. The van der Waals surface area contributed by atoms with Crippen molar-refractivity contribution in [2.75, 3.05) is 0 Å². The maximum Gasteiger partial charge on any atom is 0.338 e. The van der Waals surface area contributed by atoms with Gasteiger partial charge in [0.05, 0.1) is 5.92 Å².